The fraction of sp³-hybridized carbons (Fsp3) is 0.500. The van der Waals surface area contributed by atoms with Crippen molar-refractivity contribution < 1.29 is 9.53 Å². The summed E-state index contributed by atoms with van der Waals surface area (Å²) in [7, 11) is 0. The van der Waals surface area contributed by atoms with E-state index in [-0.39, 0.29) is 23.5 Å². The molecule has 7 heteroatoms. The summed E-state index contributed by atoms with van der Waals surface area (Å²) in [5.41, 5.74) is 11.6. The number of amides is 1. The van der Waals surface area contributed by atoms with Crippen molar-refractivity contribution in [3.05, 3.63) is 10.4 Å². The number of carbonyl (C=O) groups is 1. The van der Waals surface area contributed by atoms with Crippen molar-refractivity contribution in [2.45, 2.75) is 26.1 Å². The van der Waals surface area contributed by atoms with E-state index in [9.17, 15) is 4.79 Å². The van der Waals surface area contributed by atoms with E-state index in [1.807, 2.05) is 24.8 Å². The molecule has 1 fully saturated rings. The van der Waals surface area contributed by atoms with Gasteiger partial charge in [0, 0.05) is 13.1 Å². The second kappa shape index (κ2) is 5.07. The topological polar surface area (TPSA) is 105 Å². The first-order valence-corrected chi connectivity index (χ1v) is 6.78. The predicted octanol–water partition coefficient (Wildman–Crippen LogP) is 0.914. The van der Waals surface area contributed by atoms with Crippen LogP contribution in [0.5, 0.6) is 0 Å². The van der Waals surface area contributed by atoms with Gasteiger partial charge in [0.05, 0.1) is 23.5 Å². The number of hydrogen-bond donors (Lipinski definition) is 2. The molecule has 0 bridgehead atoms. The molecule has 0 saturated carbocycles. The molecule has 2 rings (SSSR count). The average molecular weight is 280 g/mol. The fourth-order valence-electron chi connectivity index (χ4n) is 2.32. The molecule has 2 atom stereocenters. The summed E-state index contributed by atoms with van der Waals surface area (Å²) >= 11 is 1.21. The van der Waals surface area contributed by atoms with E-state index >= 15 is 0 Å². The lowest BCUT2D eigenvalue weighted by atomic mass is 10.2. The number of rotatable bonds is 2. The van der Waals surface area contributed by atoms with Gasteiger partial charge in [0.2, 0.25) is 0 Å². The number of hydrogen-bond acceptors (Lipinski definition) is 6. The zero-order chi connectivity index (χ0) is 14.2. The van der Waals surface area contributed by atoms with Gasteiger partial charge in [0.25, 0.3) is 5.91 Å². The van der Waals surface area contributed by atoms with Gasteiger partial charge in [-0.15, -0.1) is 11.3 Å². The highest BCUT2D eigenvalue weighted by molar-refractivity contribution is 7.17. The lowest BCUT2D eigenvalue weighted by Crippen LogP contribution is -2.45. The van der Waals surface area contributed by atoms with Crippen LogP contribution in [0, 0.1) is 11.3 Å². The molecule has 1 aromatic rings. The van der Waals surface area contributed by atoms with Gasteiger partial charge in [-0.3, -0.25) is 4.79 Å². The first-order chi connectivity index (χ1) is 8.93. The predicted molar refractivity (Wildman–Crippen MR) is 74.2 cm³/mol. The largest absolute Gasteiger partial charge is 0.396 e. The van der Waals surface area contributed by atoms with Crippen LogP contribution >= 0.6 is 11.3 Å². The van der Waals surface area contributed by atoms with E-state index in [0.717, 1.165) is 0 Å². The van der Waals surface area contributed by atoms with Crippen LogP contribution in [-0.2, 0) is 4.74 Å². The normalized spacial score (nSPS) is 23.1. The molecule has 2 heterocycles. The number of carbonyl (C=O) groups excluding carboxylic acids is 1. The van der Waals surface area contributed by atoms with Gasteiger partial charge >= 0.3 is 0 Å². The Kier molecular flexibility index (Phi) is 3.64. The van der Waals surface area contributed by atoms with E-state index in [1.54, 1.807) is 0 Å². The molecule has 6 nitrogen and oxygen atoms in total. The van der Waals surface area contributed by atoms with Gasteiger partial charge in [0.1, 0.15) is 15.9 Å². The summed E-state index contributed by atoms with van der Waals surface area (Å²) in [5, 5.41) is 9.70. The molecule has 19 heavy (non-hydrogen) atoms. The number of primary amides is 1. The maximum atomic E-state index is 11.6. The molecule has 1 aliphatic rings. The van der Waals surface area contributed by atoms with Crippen molar-refractivity contribution in [1.29, 1.82) is 5.26 Å². The molecule has 1 aromatic heterocycles. The van der Waals surface area contributed by atoms with E-state index in [2.05, 4.69) is 0 Å². The smallest absolute Gasteiger partial charge is 0.253 e. The Hall–Kier alpha value is -1.78. The first-order valence-electron chi connectivity index (χ1n) is 5.96. The van der Waals surface area contributed by atoms with E-state index in [4.69, 9.17) is 21.5 Å². The summed E-state index contributed by atoms with van der Waals surface area (Å²) in [6, 6.07) is 2.00. The number of ether oxygens (including phenoxy) is 1. The molecule has 0 spiro atoms. The van der Waals surface area contributed by atoms with Crippen LogP contribution in [0.15, 0.2) is 0 Å². The van der Waals surface area contributed by atoms with Crippen LogP contribution in [0.3, 0.4) is 0 Å². The van der Waals surface area contributed by atoms with Crippen LogP contribution in [-0.4, -0.2) is 31.2 Å². The fourth-order valence-corrected chi connectivity index (χ4v) is 3.36. The third kappa shape index (κ3) is 2.50. The number of morpholine rings is 1. The second-order valence-electron chi connectivity index (χ2n) is 4.66. The van der Waals surface area contributed by atoms with Crippen molar-refractivity contribution in [3.8, 4) is 6.07 Å². The minimum Gasteiger partial charge on any atom is -0.396 e. The standard InChI is InChI=1S/C12H16N4O2S/c1-6-4-16(5-7(2)18-6)12-9(11(15)17)10(14)8(3-13)19-12/h6-7H,4-5,14H2,1-2H3,(H2,15,17). The highest BCUT2D eigenvalue weighted by atomic mass is 32.1. The lowest BCUT2D eigenvalue weighted by molar-refractivity contribution is -0.00505. The van der Waals surface area contributed by atoms with Crippen LogP contribution < -0.4 is 16.4 Å². The van der Waals surface area contributed by atoms with Crippen molar-refractivity contribution >= 4 is 27.9 Å². The number of thiophene rings is 1. The summed E-state index contributed by atoms with van der Waals surface area (Å²) in [4.78, 5) is 13.9. The monoisotopic (exact) mass is 280 g/mol. The quantitative estimate of drug-likeness (QED) is 0.837. The molecule has 1 saturated heterocycles. The van der Waals surface area contributed by atoms with E-state index < -0.39 is 5.91 Å². The summed E-state index contributed by atoms with van der Waals surface area (Å²) in [6.07, 6.45) is 0.108. The maximum Gasteiger partial charge on any atom is 0.253 e. The summed E-state index contributed by atoms with van der Waals surface area (Å²) in [5.74, 6) is -0.600. The maximum absolute atomic E-state index is 11.6. The van der Waals surface area contributed by atoms with Gasteiger partial charge in [0.15, 0.2) is 0 Å². The van der Waals surface area contributed by atoms with Crippen molar-refractivity contribution in [1.82, 2.24) is 0 Å². The van der Waals surface area contributed by atoms with E-state index in [1.165, 1.54) is 11.3 Å². The lowest BCUT2D eigenvalue weighted by Gasteiger charge is -2.36. The number of nitrogen functional groups attached to an aromatic ring is 1. The van der Waals surface area contributed by atoms with Gasteiger partial charge < -0.3 is 21.1 Å². The van der Waals surface area contributed by atoms with Gasteiger partial charge in [-0.2, -0.15) is 5.26 Å². The molecule has 4 N–H and O–H groups in total. The molecule has 102 valence electrons. The van der Waals surface area contributed by atoms with Crippen molar-refractivity contribution in [2.24, 2.45) is 5.73 Å². The van der Waals surface area contributed by atoms with Crippen LogP contribution in [0.1, 0.15) is 29.1 Å². The third-order valence-electron chi connectivity index (χ3n) is 2.98. The summed E-state index contributed by atoms with van der Waals surface area (Å²) in [6.45, 7) is 5.23. The highest BCUT2D eigenvalue weighted by Gasteiger charge is 2.29. The number of nitrogens with two attached hydrogens (primary N) is 2. The van der Waals surface area contributed by atoms with Crippen LogP contribution in [0.2, 0.25) is 0 Å². The molecule has 1 amide bonds. The Bertz CT molecular complexity index is 539. The second-order valence-corrected chi connectivity index (χ2v) is 5.66. The average Bonchev–Trinajstić information content (AvgIpc) is 2.65. The van der Waals surface area contributed by atoms with Crippen molar-refractivity contribution in [3.63, 3.8) is 0 Å². The van der Waals surface area contributed by atoms with Gasteiger partial charge in [-0.25, -0.2) is 0 Å². The molecule has 1 aliphatic heterocycles. The molecule has 2 unspecified atom stereocenters. The Morgan fingerprint density at radius 3 is 2.53 bits per heavy atom. The minimum absolute atomic E-state index is 0.0540. The van der Waals surface area contributed by atoms with Gasteiger partial charge in [-0.1, -0.05) is 0 Å². The zero-order valence-electron chi connectivity index (χ0n) is 10.8. The molecular weight excluding hydrogens is 264 g/mol. The van der Waals surface area contributed by atoms with Crippen LogP contribution in [0.4, 0.5) is 10.7 Å². The first kappa shape index (κ1) is 13.6. The molecule has 0 radical (unpaired) electrons. The molecular formula is C12H16N4O2S. The SMILES string of the molecule is CC1CN(c2sc(C#N)c(N)c2C(N)=O)CC(C)O1. The van der Waals surface area contributed by atoms with Crippen LogP contribution in [0.25, 0.3) is 0 Å². The number of nitriles is 1. The molecule has 0 aliphatic carbocycles. The van der Waals surface area contributed by atoms with E-state index in [0.29, 0.717) is 23.0 Å². The number of anilines is 2. The number of nitrogens with zero attached hydrogens (tertiary/aromatic N) is 2. The van der Waals surface area contributed by atoms with Crippen molar-refractivity contribution in [2.75, 3.05) is 23.7 Å². The Labute approximate surface area is 115 Å². The van der Waals surface area contributed by atoms with Gasteiger partial charge in [-0.05, 0) is 13.8 Å². The highest BCUT2D eigenvalue weighted by Crippen LogP contribution is 2.38. The third-order valence-corrected chi connectivity index (χ3v) is 4.15. The molecule has 0 aromatic carbocycles. The Morgan fingerprint density at radius 2 is 2.05 bits per heavy atom. The Morgan fingerprint density at radius 1 is 1.47 bits per heavy atom. The zero-order valence-corrected chi connectivity index (χ0v) is 11.7. The Balaban J connectivity index is 2.44. The summed E-state index contributed by atoms with van der Waals surface area (Å²) < 4.78 is 5.65. The minimum atomic E-state index is -0.600.